The molecule has 0 aliphatic rings. The number of fused-ring (bicyclic) bond motifs is 1. The summed E-state index contributed by atoms with van der Waals surface area (Å²) in [5.41, 5.74) is -0.0964. The number of pyridine rings is 1. The van der Waals surface area contributed by atoms with Gasteiger partial charge in [0.25, 0.3) is 0 Å². The third kappa shape index (κ3) is 2.98. The SMILES string of the molecule is CC(=O)Nc1cccc(-c2cnc3nc(C(F)(F)F)ccn23)n1. The Morgan fingerprint density at radius 3 is 2.70 bits per heavy atom. The Morgan fingerprint density at radius 2 is 2.00 bits per heavy atom. The molecule has 1 N–H and O–H groups in total. The Morgan fingerprint density at radius 1 is 1.22 bits per heavy atom. The second-order valence-corrected chi connectivity index (χ2v) is 4.71. The fraction of sp³-hybridized carbons (Fsp3) is 0.143. The lowest BCUT2D eigenvalue weighted by atomic mass is 10.3. The number of carbonyl (C=O) groups excluding carboxylic acids is 1. The van der Waals surface area contributed by atoms with Crippen LogP contribution in [0.25, 0.3) is 17.2 Å². The van der Waals surface area contributed by atoms with Crippen LogP contribution < -0.4 is 5.32 Å². The molecule has 0 aliphatic carbocycles. The van der Waals surface area contributed by atoms with E-state index in [9.17, 15) is 18.0 Å². The number of nitrogens with zero attached hydrogens (tertiary/aromatic N) is 4. The van der Waals surface area contributed by atoms with Gasteiger partial charge in [0.05, 0.1) is 17.6 Å². The van der Waals surface area contributed by atoms with Gasteiger partial charge in [-0.1, -0.05) is 6.07 Å². The standard InChI is InChI=1S/C14H10F3N5O/c1-8(23)19-12-4-2-3-9(20-12)10-7-18-13-21-11(14(15,16)17)5-6-22(10)13/h2-7H,1H3,(H,19,20,23). The highest BCUT2D eigenvalue weighted by Crippen LogP contribution is 2.28. The van der Waals surface area contributed by atoms with Crippen molar-refractivity contribution in [1.29, 1.82) is 0 Å². The molecule has 3 aromatic rings. The number of anilines is 1. The first-order valence-electron chi connectivity index (χ1n) is 6.51. The molecule has 9 heteroatoms. The maximum absolute atomic E-state index is 12.7. The number of amides is 1. The number of rotatable bonds is 2. The zero-order chi connectivity index (χ0) is 16.6. The predicted octanol–water partition coefficient (Wildman–Crippen LogP) is 2.77. The summed E-state index contributed by atoms with van der Waals surface area (Å²) in [6.07, 6.45) is -1.92. The lowest BCUT2D eigenvalue weighted by Crippen LogP contribution is -2.09. The van der Waals surface area contributed by atoms with Crippen LogP contribution in [0.3, 0.4) is 0 Å². The Bertz CT molecular complexity index is 887. The quantitative estimate of drug-likeness (QED) is 0.788. The molecule has 0 aromatic carbocycles. The first-order chi connectivity index (χ1) is 10.8. The summed E-state index contributed by atoms with van der Waals surface area (Å²) in [6.45, 7) is 1.35. The molecule has 0 atom stereocenters. The maximum Gasteiger partial charge on any atom is 0.433 e. The van der Waals surface area contributed by atoms with E-state index in [1.807, 2.05) is 0 Å². The maximum atomic E-state index is 12.7. The topological polar surface area (TPSA) is 72.2 Å². The number of carbonyl (C=O) groups is 1. The molecule has 0 spiro atoms. The van der Waals surface area contributed by atoms with Gasteiger partial charge >= 0.3 is 6.18 Å². The molecule has 0 fully saturated rings. The van der Waals surface area contributed by atoms with Gasteiger partial charge in [0, 0.05) is 13.1 Å². The van der Waals surface area contributed by atoms with Crippen LogP contribution in [0, 0.1) is 0 Å². The Labute approximate surface area is 128 Å². The molecule has 3 rings (SSSR count). The van der Waals surface area contributed by atoms with E-state index in [0.717, 1.165) is 6.07 Å². The fourth-order valence-corrected chi connectivity index (χ4v) is 2.05. The molecule has 3 aromatic heterocycles. The number of hydrogen-bond acceptors (Lipinski definition) is 4. The van der Waals surface area contributed by atoms with Crippen LogP contribution in [0.5, 0.6) is 0 Å². The van der Waals surface area contributed by atoms with E-state index < -0.39 is 11.9 Å². The Hall–Kier alpha value is -2.97. The summed E-state index contributed by atoms with van der Waals surface area (Å²) in [5, 5.41) is 2.54. The van der Waals surface area contributed by atoms with Crippen molar-refractivity contribution < 1.29 is 18.0 Å². The van der Waals surface area contributed by atoms with E-state index in [-0.39, 0.29) is 11.7 Å². The van der Waals surface area contributed by atoms with Crippen molar-refractivity contribution in [3.05, 3.63) is 42.4 Å². The van der Waals surface area contributed by atoms with Crippen LogP contribution in [0.15, 0.2) is 36.7 Å². The minimum absolute atomic E-state index is 0.0819. The zero-order valence-corrected chi connectivity index (χ0v) is 11.8. The average molecular weight is 321 g/mol. The summed E-state index contributed by atoms with van der Waals surface area (Å²) < 4.78 is 39.4. The highest BCUT2D eigenvalue weighted by Gasteiger charge is 2.33. The van der Waals surface area contributed by atoms with E-state index in [4.69, 9.17) is 0 Å². The lowest BCUT2D eigenvalue weighted by Gasteiger charge is -2.07. The van der Waals surface area contributed by atoms with Gasteiger partial charge in [-0.25, -0.2) is 15.0 Å². The molecule has 0 saturated heterocycles. The number of imidazole rings is 1. The summed E-state index contributed by atoms with van der Waals surface area (Å²) in [4.78, 5) is 22.7. The Balaban J connectivity index is 2.05. The minimum atomic E-state index is -4.53. The van der Waals surface area contributed by atoms with Crippen LogP contribution >= 0.6 is 0 Å². The molecule has 0 radical (unpaired) electrons. The van der Waals surface area contributed by atoms with E-state index in [1.54, 1.807) is 18.2 Å². The van der Waals surface area contributed by atoms with Crippen LogP contribution in [-0.2, 0) is 11.0 Å². The van der Waals surface area contributed by atoms with Crippen LogP contribution in [0.1, 0.15) is 12.6 Å². The van der Waals surface area contributed by atoms with Gasteiger partial charge in [0.15, 0.2) is 0 Å². The first kappa shape index (κ1) is 14.9. The molecule has 1 amide bonds. The van der Waals surface area contributed by atoms with Gasteiger partial charge in [0.1, 0.15) is 11.5 Å². The number of halogens is 3. The van der Waals surface area contributed by atoms with Crippen molar-refractivity contribution in [2.24, 2.45) is 0 Å². The second-order valence-electron chi connectivity index (χ2n) is 4.71. The van der Waals surface area contributed by atoms with Crippen LogP contribution in [-0.4, -0.2) is 25.3 Å². The number of aromatic nitrogens is 4. The van der Waals surface area contributed by atoms with Gasteiger partial charge in [-0.3, -0.25) is 9.20 Å². The summed E-state index contributed by atoms with van der Waals surface area (Å²) in [6, 6.07) is 5.81. The Kier molecular flexibility index (Phi) is 3.47. The third-order valence-corrected chi connectivity index (χ3v) is 2.99. The molecule has 0 unspecified atom stereocenters. The average Bonchev–Trinajstić information content (AvgIpc) is 2.89. The number of hydrogen-bond donors (Lipinski definition) is 1. The van der Waals surface area contributed by atoms with E-state index >= 15 is 0 Å². The third-order valence-electron chi connectivity index (χ3n) is 2.99. The monoisotopic (exact) mass is 321 g/mol. The first-order valence-corrected chi connectivity index (χ1v) is 6.51. The minimum Gasteiger partial charge on any atom is -0.311 e. The van der Waals surface area contributed by atoms with Gasteiger partial charge in [-0.05, 0) is 18.2 Å². The van der Waals surface area contributed by atoms with Crippen molar-refractivity contribution in [2.45, 2.75) is 13.1 Å². The van der Waals surface area contributed by atoms with Crippen molar-refractivity contribution in [1.82, 2.24) is 19.4 Å². The van der Waals surface area contributed by atoms with Crippen LogP contribution in [0.4, 0.5) is 19.0 Å². The van der Waals surface area contributed by atoms with Gasteiger partial charge in [-0.15, -0.1) is 0 Å². The largest absolute Gasteiger partial charge is 0.433 e. The summed E-state index contributed by atoms with van der Waals surface area (Å²) in [5.74, 6) is -0.0179. The van der Waals surface area contributed by atoms with Crippen molar-refractivity contribution >= 4 is 17.5 Å². The molecule has 23 heavy (non-hydrogen) atoms. The normalized spacial score (nSPS) is 11.7. The van der Waals surface area contributed by atoms with Gasteiger partial charge in [0.2, 0.25) is 11.7 Å². The zero-order valence-electron chi connectivity index (χ0n) is 11.8. The number of nitrogens with one attached hydrogen (secondary N) is 1. The van der Waals surface area contributed by atoms with Gasteiger partial charge in [-0.2, -0.15) is 13.2 Å². The molecule has 0 saturated carbocycles. The highest BCUT2D eigenvalue weighted by atomic mass is 19.4. The second kappa shape index (κ2) is 5.34. The van der Waals surface area contributed by atoms with Crippen molar-refractivity contribution in [3.8, 4) is 11.4 Å². The van der Waals surface area contributed by atoms with E-state index in [2.05, 4.69) is 20.3 Å². The van der Waals surface area contributed by atoms with Crippen molar-refractivity contribution in [3.63, 3.8) is 0 Å². The summed E-state index contributed by atoms with van der Waals surface area (Å²) in [7, 11) is 0. The molecular formula is C14H10F3N5O. The molecule has 0 aliphatic heterocycles. The molecule has 3 heterocycles. The molecular weight excluding hydrogens is 311 g/mol. The van der Waals surface area contributed by atoms with Crippen molar-refractivity contribution in [2.75, 3.05) is 5.32 Å². The highest BCUT2D eigenvalue weighted by molar-refractivity contribution is 5.87. The summed E-state index contributed by atoms with van der Waals surface area (Å²) >= 11 is 0. The van der Waals surface area contributed by atoms with E-state index in [1.165, 1.54) is 23.7 Å². The molecule has 118 valence electrons. The molecule has 0 bridgehead atoms. The smallest absolute Gasteiger partial charge is 0.311 e. The number of alkyl halides is 3. The predicted molar refractivity (Wildman–Crippen MR) is 75.5 cm³/mol. The van der Waals surface area contributed by atoms with E-state index in [0.29, 0.717) is 17.2 Å². The van der Waals surface area contributed by atoms with Crippen LogP contribution in [0.2, 0.25) is 0 Å². The van der Waals surface area contributed by atoms with Gasteiger partial charge < -0.3 is 5.32 Å². The molecule has 6 nitrogen and oxygen atoms in total. The fourth-order valence-electron chi connectivity index (χ4n) is 2.05. The lowest BCUT2D eigenvalue weighted by molar-refractivity contribution is -0.141.